The summed E-state index contributed by atoms with van der Waals surface area (Å²) in [6.45, 7) is -0.0768. The van der Waals surface area contributed by atoms with Crippen molar-refractivity contribution in [3.63, 3.8) is 0 Å². The first-order valence-electron chi connectivity index (χ1n) is 11.3. The molecule has 1 aliphatic heterocycles. The lowest BCUT2D eigenvalue weighted by Crippen LogP contribution is -2.53. The Hall–Kier alpha value is -3.93. The molecule has 3 rings (SSSR count). The predicted octanol–water partition coefficient (Wildman–Crippen LogP) is -0.421. The van der Waals surface area contributed by atoms with Crippen molar-refractivity contribution in [2.75, 3.05) is 13.1 Å². The van der Waals surface area contributed by atoms with Crippen molar-refractivity contribution in [2.45, 2.75) is 50.2 Å². The fourth-order valence-electron chi connectivity index (χ4n) is 4.16. The van der Waals surface area contributed by atoms with Crippen LogP contribution in [0.3, 0.4) is 0 Å². The van der Waals surface area contributed by atoms with E-state index in [4.69, 9.17) is 10.8 Å². The first kappa shape index (κ1) is 25.7. The third-order valence-corrected chi connectivity index (χ3v) is 6.00. The highest BCUT2D eigenvalue weighted by Gasteiger charge is 2.36. The summed E-state index contributed by atoms with van der Waals surface area (Å²) in [7, 11) is 0. The average Bonchev–Trinajstić information content (AvgIpc) is 3.47. The molecule has 2 heterocycles. The number of aromatic amines is 1. The van der Waals surface area contributed by atoms with Crippen molar-refractivity contribution in [3.05, 3.63) is 36.0 Å². The Morgan fingerprint density at radius 3 is 2.63 bits per heavy atom. The van der Waals surface area contributed by atoms with Gasteiger partial charge in [0.2, 0.25) is 17.7 Å². The summed E-state index contributed by atoms with van der Waals surface area (Å²) in [6, 6.07) is 4.46. The molecule has 0 saturated carbocycles. The molecule has 1 fully saturated rings. The third-order valence-electron chi connectivity index (χ3n) is 6.00. The van der Waals surface area contributed by atoms with Crippen LogP contribution in [0.25, 0.3) is 10.9 Å². The third kappa shape index (κ3) is 6.57. The number of amides is 3. The topological polar surface area (TPSA) is 195 Å². The Labute approximate surface area is 200 Å². The van der Waals surface area contributed by atoms with Crippen LogP contribution in [0.1, 0.15) is 31.2 Å². The lowest BCUT2D eigenvalue weighted by Gasteiger charge is -2.25. The molecule has 1 aliphatic rings. The summed E-state index contributed by atoms with van der Waals surface area (Å²) in [5, 5.41) is 23.8. The lowest BCUT2D eigenvalue weighted by molar-refractivity contribution is -0.144. The van der Waals surface area contributed by atoms with E-state index in [0.717, 1.165) is 16.5 Å². The largest absolute Gasteiger partial charge is 0.481 e. The van der Waals surface area contributed by atoms with Crippen LogP contribution in [0.5, 0.6) is 0 Å². The first-order chi connectivity index (χ1) is 16.7. The van der Waals surface area contributed by atoms with Gasteiger partial charge in [0.05, 0.1) is 12.6 Å². The number of likely N-dealkylation sites (tertiary alicyclic amines) is 1. The zero-order valence-corrected chi connectivity index (χ0v) is 19.0. The number of carboxylic acids is 2. The number of hydrogen-bond donors (Lipinski definition) is 6. The monoisotopic (exact) mass is 487 g/mol. The molecule has 7 N–H and O–H groups in total. The van der Waals surface area contributed by atoms with Crippen LogP contribution in [-0.2, 0) is 30.4 Å². The van der Waals surface area contributed by atoms with Crippen molar-refractivity contribution in [3.8, 4) is 0 Å². The second-order valence-corrected chi connectivity index (χ2v) is 8.46. The van der Waals surface area contributed by atoms with Gasteiger partial charge in [-0.25, -0.2) is 4.79 Å². The molecule has 2 aromatic rings. The van der Waals surface area contributed by atoms with Gasteiger partial charge in [-0.05, 0) is 37.3 Å². The van der Waals surface area contributed by atoms with Crippen LogP contribution in [0.2, 0.25) is 0 Å². The number of carbonyl (C=O) groups excluding carboxylic acids is 3. The molecule has 12 heteroatoms. The summed E-state index contributed by atoms with van der Waals surface area (Å²) in [5.41, 5.74) is 7.84. The molecule has 1 aromatic heterocycles. The number of carbonyl (C=O) groups is 5. The molecule has 0 radical (unpaired) electrons. The van der Waals surface area contributed by atoms with Crippen LogP contribution in [-0.4, -0.2) is 81.0 Å². The maximum atomic E-state index is 12.7. The smallest absolute Gasteiger partial charge is 0.326 e. The number of aliphatic carboxylic acids is 2. The molecule has 3 amide bonds. The van der Waals surface area contributed by atoms with E-state index in [-0.39, 0.29) is 25.9 Å². The molecule has 3 atom stereocenters. The number of carboxylic acid groups (broad SMARTS) is 2. The van der Waals surface area contributed by atoms with E-state index in [9.17, 15) is 29.1 Å². The number of nitrogens with two attached hydrogens (primary N) is 1. The van der Waals surface area contributed by atoms with E-state index in [1.54, 1.807) is 6.20 Å². The summed E-state index contributed by atoms with van der Waals surface area (Å²) in [5.74, 6) is -4.21. The van der Waals surface area contributed by atoms with Gasteiger partial charge in [-0.2, -0.15) is 0 Å². The molecule has 188 valence electrons. The summed E-state index contributed by atoms with van der Waals surface area (Å²) in [4.78, 5) is 64.3. The Bertz CT molecular complexity index is 1110. The normalized spacial score (nSPS) is 17.1. The fourth-order valence-corrected chi connectivity index (χ4v) is 4.16. The van der Waals surface area contributed by atoms with Crippen molar-refractivity contribution in [2.24, 2.45) is 5.73 Å². The minimum absolute atomic E-state index is 0.270. The van der Waals surface area contributed by atoms with E-state index in [1.165, 1.54) is 4.90 Å². The van der Waals surface area contributed by atoms with Gasteiger partial charge in [0, 0.05) is 30.1 Å². The lowest BCUT2D eigenvalue weighted by atomic mass is 10.1. The zero-order valence-electron chi connectivity index (χ0n) is 19.0. The van der Waals surface area contributed by atoms with Crippen LogP contribution in [0.4, 0.5) is 0 Å². The Morgan fingerprint density at radius 2 is 1.91 bits per heavy atom. The summed E-state index contributed by atoms with van der Waals surface area (Å²) in [6.07, 6.45) is 2.22. The van der Waals surface area contributed by atoms with E-state index in [1.807, 2.05) is 24.3 Å². The predicted molar refractivity (Wildman–Crippen MR) is 124 cm³/mol. The van der Waals surface area contributed by atoms with Gasteiger partial charge in [0.1, 0.15) is 12.1 Å². The molecule has 1 saturated heterocycles. The molecule has 0 aliphatic carbocycles. The second-order valence-electron chi connectivity index (χ2n) is 8.46. The summed E-state index contributed by atoms with van der Waals surface area (Å²) >= 11 is 0. The van der Waals surface area contributed by atoms with Crippen molar-refractivity contribution in [1.29, 1.82) is 0 Å². The average molecular weight is 488 g/mol. The Morgan fingerprint density at radius 1 is 1.17 bits per heavy atom. The van der Waals surface area contributed by atoms with E-state index < -0.39 is 54.2 Å². The molecule has 12 nitrogen and oxygen atoms in total. The van der Waals surface area contributed by atoms with E-state index in [2.05, 4.69) is 15.6 Å². The number of fused-ring (bicyclic) bond motifs is 1. The van der Waals surface area contributed by atoms with Gasteiger partial charge >= 0.3 is 11.9 Å². The van der Waals surface area contributed by atoms with Crippen LogP contribution >= 0.6 is 0 Å². The molecule has 0 bridgehead atoms. The number of para-hydroxylation sites is 1. The van der Waals surface area contributed by atoms with E-state index in [0.29, 0.717) is 12.8 Å². The number of aromatic nitrogens is 1. The number of nitrogens with zero attached hydrogens (tertiary/aromatic N) is 1. The maximum Gasteiger partial charge on any atom is 0.326 e. The first-order valence-corrected chi connectivity index (χ1v) is 11.3. The van der Waals surface area contributed by atoms with Crippen molar-refractivity contribution in [1.82, 2.24) is 20.5 Å². The minimum atomic E-state index is -1.38. The van der Waals surface area contributed by atoms with Gasteiger partial charge in [-0.3, -0.25) is 19.2 Å². The number of nitrogens with one attached hydrogen (secondary N) is 3. The van der Waals surface area contributed by atoms with Crippen LogP contribution in [0.15, 0.2) is 30.5 Å². The van der Waals surface area contributed by atoms with Gasteiger partial charge in [-0.1, -0.05) is 18.2 Å². The minimum Gasteiger partial charge on any atom is -0.481 e. The van der Waals surface area contributed by atoms with Gasteiger partial charge < -0.3 is 36.5 Å². The molecule has 35 heavy (non-hydrogen) atoms. The van der Waals surface area contributed by atoms with Gasteiger partial charge in [-0.15, -0.1) is 0 Å². The van der Waals surface area contributed by atoms with Crippen molar-refractivity contribution >= 4 is 40.6 Å². The van der Waals surface area contributed by atoms with Crippen LogP contribution in [0, 0.1) is 0 Å². The number of benzene rings is 1. The zero-order chi connectivity index (χ0) is 25.5. The van der Waals surface area contributed by atoms with Gasteiger partial charge in [0.15, 0.2) is 0 Å². The molecular formula is C23H29N5O7. The SMILES string of the molecule is NC(Cc1c[nH]c2ccccc12)C(=O)NCC(=O)N1CCCC1C(=O)NC(CCC(=O)O)C(=O)O. The maximum absolute atomic E-state index is 12.7. The Kier molecular flexibility index (Phi) is 8.42. The molecule has 1 aromatic carbocycles. The molecular weight excluding hydrogens is 458 g/mol. The fraction of sp³-hybridized carbons (Fsp3) is 0.435. The van der Waals surface area contributed by atoms with E-state index >= 15 is 0 Å². The highest BCUT2D eigenvalue weighted by molar-refractivity contribution is 5.93. The highest BCUT2D eigenvalue weighted by atomic mass is 16.4. The molecule has 3 unspecified atom stereocenters. The quantitative estimate of drug-likeness (QED) is 0.246. The number of hydrogen-bond acceptors (Lipinski definition) is 6. The van der Waals surface area contributed by atoms with Crippen molar-refractivity contribution < 1.29 is 34.2 Å². The summed E-state index contributed by atoms with van der Waals surface area (Å²) < 4.78 is 0. The number of rotatable bonds is 11. The Balaban J connectivity index is 1.52. The highest BCUT2D eigenvalue weighted by Crippen LogP contribution is 2.19. The molecule has 0 spiro atoms. The second kappa shape index (κ2) is 11.5. The van der Waals surface area contributed by atoms with Gasteiger partial charge in [0.25, 0.3) is 0 Å². The number of H-pyrrole nitrogens is 1. The standard InChI is InChI=1S/C23H29N5O7/c24-15(10-13-11-25-16-5-2-1-4-14(13)16)21(32)26-12-19(29)28-9-3-6-18(28)22(33)27-17(23(34)35)7-8-20(30)31/h1-2,4-5,11,15,17-18,25H,3,6-10,12,24H2,(H,26,32)(H,27,33)(H,30,31)(H,34,35). The van der Waals surface area contributed by atoms with Crippen LogP contribution < -0.4 is 16.4 Å².